The maximum Gasteiger partial charge on any atom is 0.338 e. The first-order valence-corrected chi connectivity index (χ1v) is 7.70. The molecule has 0 bridgehead atoms. The lowest BCUT2D eigenvalue weighted by molar-refractivity contribution is 0.0542. The van der Waals surface area contributed by atoms with Gasteiger partial charge in [0.2, 0.25) is 0 Å². The Bertz CT molecular complexity index is 738. The Morgan fingerprint density at radius 1 is 1.04 bits per heavy atom. The first kappa shape index (κ1) is 15.4. The smallest absolute Gasteiger partial charge is 0.338 e. The maximum atomic E-state index is 12.1. The Labute approximate surface area is 140 Å². The Hall–Kier alpha value is -2.52. The van der Waals surface area contributed by atoms with Crippen LogP contribution in [0, 0.1) is 0 Å². The third-order valence-electron chi connectivity index (χ3n) is 3.55. The van der Waals surface area contributed by atoms with E-state index in [9.17, 15) is 4.79 Å². The van der Waals surface area contributed by atoms with Gasteiger partial charge in [0, 0.05) is 17.3 Å². The van der Waals surface area contributed by atoms with Gasteiger partial charge < -0.3 is 4.74 Å². The second kappa shape index (κ2) is 7.16. The number of hydrogen-bond donors (Lipinski definition) is 0. The van der Waals surface area contributed by atoms with Crippen LogP contribution in [0.1, 0.15) is 15.9 Å². The Kier molecular flexibility index (Phi) is 4.79. The molecule has 23 heavy (non-hydrogen) atoms. The van der Waals surface area contributed by atoms with Crippen molar-refractivity contribution in [1.29, 1.82) is 0 Å². The number of halogens is 1. The van der Waals surface area contributed by atoms with E-state index >= 15 is 0 Å². The predicted molar refractivity (Wildman–Crippen MR) is 91.8 cm³/mol. The summed E-state index contributed by atoms with van der Waals surface area (Å²) in [7, 11) is 0. The number of carbonyl (C=O) groups is 1. The van der Waals surface area contributed by atoms with Crippen molar-refractivity contribution in [3.63, 3.8) is 0 Å². The van der Waals surface area contributed by atoms with Crippen LogP contribution in [-0.4, -0.2) is 23.5 Å². The molecule has 0 aliphatic carbocycles. The SMILES string of the molecule is O=C(OCC1=C(c2ccccc2)N(Cl)CC=C1)c1ccccc1. The normalized spacial score (nSPS) is 14.0. The van der Waals surface area contributed by atoms with Crippen LogP contribution < -0.4 is 0 Å². The fourth-order valence-corrected chi connectivity index (χ4v) is 2.74. The first-order chi connectivity index (χ1) is 11.3. The predicted octanol–water partition coefficient (Wildman–Crippen LogP) is 4.28. The molecule has 1 aliphatic rings. The molecule has 2 aromatic carbocycles. The second-order valence-electron chi connectivity index (χ2n) is 5.13. The van der Waals surface area contributed by atoms with Crippen molar-refractivity contribution >= 4 is 23.4 Å². The zero-order valence-electron chi connectivity index (χ0n) is 12.5. The van der Waals surface area contributed by atoms with Gasteiger partial charge >= 0.3 is 5.97 Å². The molecule has 0 fully saturated rings. The molecule has 1 aliphatic heterocycles. The lowest BCUT2D eigenvalue weighted by atomic mass is 10.0. The fourth-order valence-electron chi connectivity index (χ4n) is 2.45. The molecule has 4 heteroatoms. The topological polar surface area (TPSA) is 29.5 Å². The van der Waals surface area contributed by atoms with E-state index in [1.807, 2.05) is 60.7 Å². The number of benzene rings is 2. The summed E-state index contributed by atoms with van der Waals surface area (Å²) in [4.78, 5) is 12.1. The minimum absolute atomic E-state index is 0.178. The standard InChI is InChI=1S/C19H16ClNO2/c20-21-13-7-12-17(18(21)15-8-3-1-4-9-15)14-23-19(22)16-10-5-2-6-11-16/h1-12H,13-14H2. The molecule has 0 amide bonds. The third kappa shape index (κ3) is 3.63. The van der Waals surface area contributed by atoms with Crippen LogP contribution in [-0.2, 0) is 4.74 Å². The number of rotatable bonds is 4. The van der Waals surface area contributed by atoms with Crippen molar-refractivity contribution < 1.29 is 9.53 Å². The molecule has 0 radical (unpaired) electrons. The summed E-state index contributed by atoms with van der Waals surface area (Å²) in [5, 5.41) is 0. The summed E-state index contributed by atoms with van der Waals surface area (Å²) in [6.07, 6.45) is 3.91. The van der Waals surface area contributed by atoms with Crippen LogP contribution >= 0.6 is 11.8 Å². The molecule has 2 aromatic rings. The monoisotopic (exact) mass is 325 g/mol. The molecule has 0 saturated heterocycles. The van der Waals surface area contributed by atoms with Crippen molar-refractivity contribution in [1.82, 2.24) is 4.42 Å². The lowest BCUT2D eigenvalue weighted by Gasteiger charge is -2.24. The summed E-state index contributed by atoms with van der Waals surface area (Å²) in [6.45, 7) is 0.791. The summed E-state index contributed by atoms with van der Waals surface area (Å²) >= 11 is 6.33. The highest BCUT2D eigenvalue weighted by Gasteiger charge is 2.18. The number of esters is 1. The first-order valence-electron chi connectivity index (χ1n) is 7.36. The number of carbonyl (C=O) groups excluding carboxylic acids is 1. The molecule has 0 spiro atoms. The molecule has 0 atom stereocenters. The Morgan fingerprint density at radius 3 is 2.39 bits per heavy atom. The van der Waals surface area contributed by atoms with Gasteiger partial charge in [-0.25, -0.2) is 4.79 Å². The summed E-state index contributed by atoms with van der Waals surface area (Å²) in [5.41, 5.74) is 3.28. The Balaban J connectivity index is 1.81. The van der Waals surface area contributed by atoms with Crippen molar-refractivity contribution in [3.8, 4) is 0 Å². The van der Waals surface area contributed by atoms with Crippen LogP contribution in [0.4, 0.5) is 0 Å². The van der Waals surface area contributed by atoms with E-state index in [1.54, 1.807) is 16.6 Å². The molecule has 116 valence electrons. The van der Waals surface area contributed by atoms with Crippen LogP contribution in [0.25, 0.3) is 5.70 Å². The molecule has 0 aromatic heterocycles. The molecule has 3 nitrogen and oxygen atoms in total. The van der Waals surface area contributed by atoms with E-state index in [2.05, 4.69) is 0 Å². The number of ether oxygens (including phenoxy) is 1. The van der Waals surface area contributed by atoms with Gasteiger partial charge in [-0.2, -0.15) is 0 Å². The molecule has 1 heterocycles. The molecule has 0 N–H and O–H groups in total. The van der Waals surface area contributed by atoms with E-state index in [0.29, 0.717) is 12.1 Å². The Morgan fingerprint density at radius 2 is 1.70 bits per heavy atom. The van der Waals surface area contributed by atoms with E-state index < -0.39 is 0 Å². The average molecular weight is 326 g/mol. The van der Waals surface area contributed by atoms with Gasteiger partial charge in [-0.1, -0.05) is 60.7 Å². The average Bonchev–Trinajstić information content (AvgIpc) is 2.61. The van der Waals surface area contributed by atoms with Gasteiger partial charge in [-0.3, -0.25) is 4.42 Å². The zero-order chi connectivity index (χ0) is 16.1. The van der Waals surface area contributed by atoms with Crippen molar-refractivity contribution in [3.05, 3.63) is 89.5 Å². The van der Waals surface area contributed by atoms with E-state index in [1.165, 1.54) is 0 Å². The maximum absolute atomic E-state index is 12.1. The minimum Gasteiger partial charge on any atom is -0.457 e. The van der Waals surface area contributed by atoms with Crippen molar-refractivity contribution in [2.24, 2.45) is 0 Å². The van der Waals surface area contributed by atoms with Gasteiger partial charge in [0.05, 0.1) is 17.8 Å². The van der Waals surface area contributed by atoms with Crippen LogP contribution in [0.2, 0.25) is 0 Å². The minimum atomic E-state index is -0.342. The lowest BCUT2D eigenvalue weighted by Crippen LogP contribution is -2.19. The van der Waals surface area contributed by atoms with Crippen LogP contribution in [0.3, 0.4) is 0 Å². The third-order valence-corrected chi connectivity index (χ3v) is 3.85. The zero-order valence-corrected chi connectivity index (χ0v) is 13.2. The van der Waals surface area contributed by atoms with Gasteiger partial charge in [0.25, 0.3) is 0 Å². The molecule has 0 saturated carbocycles. The highest BCUT2D eigenvalue weighted by molar-refractivity contribution is 6.18. The largest absolute Gasteiger partial charge is 0.457 e. The van der Waals surface area contributed by atoms with Crippen LogP contribution in [0.15, 0.2) is 78.4 Å². The van der Waals surface area contributed by atoms with Gasteiger partial charge in [-0.05, 0) is 17.7 Å². The summed E-state index contributed by atoms with van der Waals surface area (Å²) in [6, 6.07) is 18.8. The van der Waals surface area contributed by atoms with E-state index in [0.717, 1.165) is 16.8 Å². The van der Waals surface area contributed by atoms with Crippen LogP contribution in [0.5, 0.6) is 0 Å². The molecular weight excluding hydrogens is 310 g/mol. The van der Waals surface area contributed by atoms with Gasteiger partial charge in [0.15, 0.2) is 0 Å². The van der Waals surface area contributed by atoms with Gasteiger partial charge in [-0.15, -0.1) is 0 Å². The quantitative estimate of drug-likeness (QED) is 0.620. The molecular formula is C19H16ClNO2. The number of nitrogens with zero attached hydrogens (tertiary/aromatic N) is 1. The van der Waals surface area contributed by atoms with Crippen molar-refractivity contribution in [2.75, 3.05) is 13.2 Å². The highest BCUT2D eigenvalue weighted by Crippen LogP contribution is 2.28. The number of hydrogen-bond acceptors (Lipinski definition) is 3. The molecule has 0 unspecified atom stereocenters. The van der Waals surface area contributed by atoms with Crippen molar-refractivity contribution in [2.45, 2.75) is 0 Å². The van der Waals surface area contributed by atoms with Gasteiger partial charge in [0.1, 0.15) is 6.61 Å². The second-order valence-corrected chi connectivity index (χ2v) is 5.54. The highest BCUT2D eigenvalue weighted by atomic mass is 35.5. The summed E-state index contributed by atoms with van der Waals surface area (Å²) in [5.74, 6) is -0.342. The van der Waals surface area contributed by atoms with E-state index in [4.69, 9.17) is 16.5 Å². The molecule has 3 rings (SSSR count). The fraction of sp³-hybridized carbons (Fsp3) is 0.105. The summed E-state index contributed by atoms with van der Waals surface area (Å²) < 4.78 is 7.07. The van der Waals surface area contributed by atoms with E-state index in [-0.39, 0.29) is 12.6 Å².